The summed E-state index contributed by atoms with van der Waals surface area (Å²) in [5, 5.41) is 23.8. The van der Waals surface area contributed by atoms with Gasteiger partial charge in [0.05, 0.1) is 4.92 Å². The van der Waals surface area contributed by atoms with Gasteiger partial charge in [-0.1, -0.05) is 0 Å². The van der Waals surface area contributed by atoms with Crippen molar-refractivity contribution >= 4 is 17.3 Å². The molecule has 0 unspecified atom stereocenters. The number of halogens is 5. The normalized spacial score (nSPS) is 20.9. The van der Waals surface area contributed by atoms with Crippen molar-refractivity contribution in [3.63, 3.8) is 0 Å². The van der Waals surface area contributed by atoms with Gasteiger partial charge in [0.25, 0.3) is 17.3 Å². The van der Waals surface area contributed by atoms with Crippen LogP contribution in [0, 0.1) is 10.1 Å². The second kappa shape index (κ2) is 6.25. The summed E-state index contributed by atoms with van der Waals surface area (Å²) in [6.45, 7) is 1.11. The Labute approximate surface area is 141 Å². The molecule has 1 aromatic carbocycles. The highest BCUT2D eigenvalue weighted by molar-refractivity contribution is 5.98. The lowest BCUT2D eigenvalue weighted by Gasteiger charge is -2.36. The van der Waals surface area contributed by atoms with E-state index in [1.54, 1.807) is 0 Å². The van der Waals surface area contributed by atoms with Gasteiger partial charge in [0, 0.05) is 29.8 Å². The molecule has 1 aliphatic heterocycles. The topological polar surface area (TPSA) is 105 Å². The molecule has 2 rings (SSSR count). The number of aliphatic hydroxyl groups is 1. The Bertz CT molecular complexity index is 764. The van der Waals surface area contributed by atoms with Crippen molar-refractivity contribution in [1.82, 2.24) is 5.01 Å². The van der Waals surface area contributed by atoms with E-state index in [4.69, 9.17) is 0 Å². The number of nitrogens with zero attached hydrogens (tertiary/aromatic N) is 3. The maximum Gasteiger partial charge on any atom is 0.527 e. The Morgan fingerprint density at radius 2 is 1.85 bits per heavy atom. The number of rotatable bonds is 4. The molecule has 1 heterocycles. The van der Waals surface area contributed by atoms with Crippen LogP contribution in [0.2, 0.25) is 0 Å². The fraction of sp³-hybridized carbons (Fsp3) is 0.385. The predicted octanol–water partition coefficient (Wildman–Crippen LogP) is 2.63. The first-order valence-corrected chi connectivity index (χ1v) is 6.77. The van der Waals surface area contributed by atoms with Gasteiger partial charge < -0.3 is 5.11 Å². The van der Waals surface area contributed by atoms with Crippen LogP contribution in [0.1, 0.15) is 23.7 Å². The lowest BCUT2D eigenvalue weighted by atomic mass is 10.1. The van der Waals surface area contributed by atoms with Crippen molar-refractivity contribution in [3.8, 4) is 0 Å². The monoisotopic (exact) mass is 383 g/mol. The van der Waals surface area contributed by atoms with E-state index in [-0.39, 0.29) is 10.7 Å². The number of hydrogen-bond acceptors (Lipinski definition) is 6. The average Bonchev–Trinajstić information content (AvgIpc) is 2.81. The SMILES string of the molecule is CC1=NN(C(=O)c2ccc([N+](=O)[O-])cc2)[C@@](O)(C(F)(F)OC(F)(F)F)C1. The van der Waals surface area contributed by atoms with Crippen LogP contribution < -0.4 is 0 Å². The Kier molecular flexibility index (Phi) is 4.72. The molecular formula is C13H10F5N3O5. The molecule has 1 atom stereocenters. The number of ether oxygens (including phenoxy) is 1. The van der Waals surface area contributed by atoms with Crippen molar-refractivity contribution in [2.24, 2.45) is 5.10 Å². The van der Waals surface area contributed by atoms with Crippen LogP contribution in [0.25, 0.3) is 0 Å². The number of benzene rings is 1. The summed E-state index contributed by atoms with van der Waals surface area (Å²) in [5.41, 5.74) is -4.82. The third kappa shape index (κ3) is 3.62. The number of hydrogen-bond donors (Lipinski definition) is 1. The van der Waals surface area contributed by atoms with Crippen molar-refractivity contribution < 1.29 is 41.5 Å². The van der Waals surface area contributed by atoms with Gasteiger partial charge in [0.15, 0.2) is 0 Å². The van der Waals surface area contributed by atoms with Crippen molar-refractivity contribution in [2.45, 2.75) is 31.5 Å². The molecule has 13 heteroatoms. The first-order valence-electron chi connectivity index (χ1n) is 6.77. The molecule has 0 bridgehead atoms. The Morgan fingerprint density at radius 1 is 1.31 bits per heavy atom. The fourth-order valence-corrected chi connectivity index (χ4v) is 2.24. The summed E-state index contributed by atoms with van der Waals surface area (Å²) in [6.07, 6.45) is -12.1. The number of alkyl halides is 5. The minimum Gasteiger partial charge on any atom is -0.362 e. The minimum atomic E-state index is -5.79. The number of carbonyl (C=O) groups is 1. The molecular weight excluding hydrogens is 373 g/mol. The van der Waals surface area contributed by atoms with Gasteiger partial charge in [-0.15, -0.1) is 13.2 Å². The maximum absolute atomic E-state index is 13.9. The maximum atomic E-state index is 13.9. The molecule has 1 aliphatic rings. The Hall–Kier alpha value is -2.67. The average molecular weight is 383 g/mol. The summed E-state index contributed by atoms with van der Waals surface area (Å²) < 4.78 is 67.2. The van der Waals surface area contributed by atoms with E-state index in [1.807, 2.05) is 0 Å². The molecule has 0 saturated heterocycles. The van der Waals surface area contributed by atoms with E-state index in [1.165, 1.54) is 0 Å². The number of amides is 1. The fourth-order valence-electron chi connectivity index (χ4n) is 2.24. The highest BCUT2D eigenvalue weighted by Crippen LogP contribution is 2.43. The lowest BCUT2D eigenvalue weighted by Crippen LogP contribution is -2.61. The zero-order valence-corrected chi connectivity index (χ0v) is 12.8. The van der Waals surface area contributed by atoms with E-state index in [2.05, 4.69) is 9.84 Å². The molecule has 0 aromatic heterocycles. The summed E-state index contributed by atoms with van der Waals surface area (Å²) in [6, 6.07) is 3.52. The second-order valence-corrected chi connectivity index (χ2v) is 5.31. The largest absolute Gasteiger partial charge is 0.527 e. The highest BCUT2D eigenvalue weighted by Gasteiger charge is 2.66. The molecule has 142 valence electrons. The van der Waals surface area contributed by atoms with Crippen molar-refractivity contribution in [1.29, 1.82) is 0 Å². The first-order chi connectivity index (χ1) is 11.8. The Morgan fingerprint density at radius 3 is 2.31 bits per heavy atom. The molecule has 1 N–H and O–H groups in total. The van der Waals surface area contributed by atoms with Crippen LogP contribution in [0.15, 0.2) is 29.4 Å². The molecule has 0 spiro atoms. The molecule has 0 saturated carbocycles. The van der Waals surface area contributed by atoms with E-state index in [9.17, 15) is 42.0 Å². The molecule has 1 amide bonds. The van der Waals surface area contributed by atoms with Gasteiger partial charge >= 0.3 is 12.5 Å². The van der Waals surface area contributed by atoms with Gasteiger partial charge in [0.2, 0.25) is 0 Å². The molecule has 8 nitrogen and oxygen atoms in total. The standard InChI is InChI=1S/C13H10F5N3O5/c1-7-6-11(23,12(14,15)26-13(16,17)18)20(19-7)10(22)8-2-4-9(5-3-8)21(24)25/h2-5,23H,6H2,1H3/t11-/m0/s1. The zero-order valence-electron chi connectivity index (χ0n) is 12.8. The number of carbonyl (C=O) groups excluding carboxylic acids is 1. The van der Waals surface area contributed by atoms with Crippen LogP contribution in [0.3, 0.4) is 0 Å². The van der Waals surface area contributed by atoms with Gasteiger partial charge in [-0.2, -0.15) is 18.9 Å². The zero-order chi connectivity index (χ0) is 19.9. The highest BCUT2D eigenvalue weighted by atomic mass is 19.4. The number of non-ortho nitro benzene ring substituents is 1. The van der Waals surface area contributed by atoms with E-state index in [0.29, 0.717) is 0 Å². The lowest BCUT2D eigenvalue weighted by molar-refractivity contribution is -0.468. The molecule has 0 radical (unpaired) electrons. The molecule has 1 aromatic rings. The molecule has 0 fully saturated rings. The molecule has 26 heavy (non-hydrogen) atoms. The summed E-state index contributed by atoms with van der Waals surface area (Å²) in [7, 11) is 0. The second-order valence-electron chi connectivity index (χ2n) is 5.31. The Balaban J connectivity index is 2.38. The summed E-state index contributed by atoms with van der Waals surface area (Å²) in [5.74, 6) is -1.40. The van der Waals surface area contributed by atoms with E-state index in [0.717, 1.165) is 31.2 Å². The smallest absolute Gasteiger partial charge is 0.362 e. The molecule has 0 aliphatic carbocycles. The first kappa shape index (κ1) is 19.7. The van der Waals surface area contributed by atoms with E-state index >= 15 is 0 Å². The quantitative estimate of drug-likeness (QED) is 0.489. The third-order valence-corrected chi connectivity index (χ3v) is 3.35. The minimum absolute atomic E-state index is 0.227. The summed E-state index contributed by atoms with van der Waals surface area (Å²) in [4.78, 5) is 22.1. The van der Waals surface area contributed by atoms with Crippen LogP contribution in [0.5, 0.6) is 0 Å². The van der Waals surface area contributed by atoms with E-state index < -0.39 is 46.7 Å². The number of nitro benzene ring substituents is 1. The van der Waals surface area contributed by atoms with Crippen molar-refractivity contribution in [3.05, 3.63) is 39.9 Å². The predicted molar refractivity (Wildman–Crippen MR) is 74.0 cm³/mol. The summed E-state index contributed by atoms with van der Waals surface area (Å²) >= 11 is 0. The van der Waals surface area contributed by atoms with Crippen LogP contribution >= 0.6 is 0 Å². The van der Waals surface area contributed by atoms with Gasteiger partial charge in [-0.25, -0.2) is 4.74 Å². The van der Waals surface area contributed by atoms with Crippen LogP contribution in [0.4, 0.5) is 27.6 Å². The van der Waals surface area contributed by atoms with Crippen molar-refractivity contribution in [2.75, 3.05) is 0 Å². The number of hydrazone groups is 1. The number of nitro groups is 1. The van der Waals surface area contributed by atoms with Gasteiger partial charge in [-0.3, -0.25) is 14.9 Å². The van der Waals surface area contributed by atoms with Crippen LogP contribution in [-0.2, 0) is 4.74 Å². The third-order valence-electron chi connectivity index (χ3n) is 3.35. The van der Waals surface area contributed by atoms with Gasteiger partial charge in [-0.05, 0) is 19.1 Å². The van der Waals surface area contributed by atoms with Gasteiger partial charge in [0.1, 0.15) is 0 Å². The van der Waals surface area contributed by atoms with Crippen LogP contribution in [-0.4, -0.2) is 44.9 Å².